The summed E-state index contributed by atoms with van der Waals surface area (Å²) in [7, 11) is 0. The van der Waals surface area contributed by atoms with Crippen LogP contribution in [0.5, 0.6) is 0 Å². The molecule has 0 unspecified atom stereocenters. The van der Waals surface area contributed by atoms with Crippen LogP contribution in [-0.2, 0) is 6.54 Å². The van der Waals surface area contributed by atoms with E-state index < -0.39 is 0 Å². The molecular weight excluding hydrogens is 184 g/mol. The molecule has 1 fully saturated rings. The largest absolute Gasteiger partial charge is 0.351 e. The minimum absolute atomic E-state index is 0.772. The second-order valence-corrected chi connectivity index (χ2v) is 4.54. The lowest BCUT2D eigenvalue weighted by Gasteiger charge is -2.23. The first kappa shape index (κ1) is 10.7. The van der Waals surface area contributed by atoms with Crippen LogP contribution < -0.4 is 5.32 Å². The summed E-state index contributed by atoms with van der Waals surface area (Å²) < 4.78 is 2.42. The molecular formula is C13H22N2. The summed E-state index contributed by atoms with van der Waals surface area (Å²) >= 11 is 0. The standard InChI is InChI=1S/C13H22N2/c1-2-14-10-12-8-9-15(11-12)13-6-4-3-5-7-13/h8-9,11,13-14H,2-7,10H2,1H3. The maximum absolute atomic E-state index is 3.37. The van der Waals surface area contributed by atoms with Crippen molar-refractivity contribution in [3.63, 3.8) is 0 Å². The van der Waals surface area contributed by atoms with Crippen molar-refractivity contribution in [2.24, 2.45) is 0 Å². The number of nitrogens with zero attached hydrogens (tertiary/aromatic N) is 1. The van der Waals surface area contributed by atoms with Gasteiger partial charge >= 0.3 is 0 Å². The van der Waals surface area contributed by atoms with E-state index >= 15 is 0 Å². The topological polar surface area (TPSA) is 17.0 Å². The number of hydrogen-bond donors (Lipinski definition) is 1. The van der Waals surface area contributed by atoms with E-state index in [4.69, 9.17) is 0 Å². The van der Waals surface area contributed by atoms with Gasteiger partial charge in [-0.25, -0.2) is 0 Å². The number of nitrogens with one attached hydrogen (secondary N) is 1. The maximum atomic E-state index is 3.37. The van der Waals surface area contributed by atoms with Crippen LogP contribution in [0.25, 0.3) is 0 Å². The van der Waals surface area contributed by atoms with Gasteiger partial charge in [-0.3, -0.25) is 0 Å². The van der Waals surface area contributed by atoms with E-state index in [2.05, 4.69) is 35.3 Å². The molecule has 1 aromatic heterocycles. The molecule has 0 bridgehead atoms. The van der Waals surface area contributed by atoms with Crippen molar-refractivity contribution in [2.45, 2.75) is 51.6 Å². The Morgan fingerprint density at radius 2 is 2.13 bits per heavy atom. The summed E-state index contributed by atoms with van der Waals surface area (Å²) in [5.74, 6) is 0. The lowest BCUT2D eigenvalue weighted by molar-refractivity contribution is 0.354. The zero-order valence-corrected chi connectivity index (χ0v) is 9.71. The average molecular weight is 206 g/mol. The van der Waals surface area contributed by atoms with Gasteiger partial charge in [0, 0.05) is 25.0 Å². The summed E-state index contributed by atoms with van der Waals surface area (Å²) in [6.07, 6.45) is 11.6. The van der Waals surface area contributed by atoms with Gasteiger partial charge in [0.1, 0.15) is 0 Å². The van der Waals surface area contributed by atoms with Crippen molar-refractivity contribution in [3.8, 4) is 0 Å². The minimum Gasteiger partial charge on any atom is -0.351 e. The van der Waals surface area contributed by atoms with Gasteiger partial charge in [-0.05, 0) is 31.0 Å². The highest BCUT2D eigenvalue weighted by Crippen LogP contribution is 2.28. The van der Waals surface area contributed by atoms with E-state index in [9.17, 15) is 0 Å². The Bertz CT molecular complexity index is 284. The summed E-state index contributed by atoms with van der Waals surface area (Å²) in [4.78, 5) is 0. The Kier molecular flexibility index (Phi) is 3.84. The molecule has 1 aliphatic rings. The Labute approximate surface area is 92.7 Å². The molecule has 0 spiro atoms. The molecule has 0 radical (unpaired) electrons. The van der Waals surface area contributed by atoms with Gasteiger partial charge in [0.2, 0.25) is 0 Å². The van der Waals surface area contributed by atoms with Crippen LogP contribution in [-0.4, -0.2) is 11.1 Å². The van der Waals surface area contributed by atoms with Gasteiger partial charge in [0.15, 0.2) is 0 Å². The molecule has 15 heavy (non-hydrogen) atoms. The first-order chi connectivity index (χ1) is 7.40. The van der Waals surface area contributed by atoms with E-state index in [0.717, 1.165) is 19.1 Å². The summed E-state index contributed by atoms with van der Waals surface area (Å²) in [5.41, 5.74) is 1.42. The molecule has 2 heteroatoms. The molecule has 84 valence electrons. The molecule has 1 aromatic rings. The quantitative estimate of drug-likeness (QED) is 0.801. The second-order valence-electron chi connectivity index (χ2n) is 4.54. The van der Waals surface area contributed by atoms with Crippen molar-refractivity contribution >= 4 is 0 Å². The maximum Gasteiger partial charge on any atom is 0.0330 e. The third-order valence-electron chi connectivity index (χ3n) is 3.35. The van der Waals surface area contributed by atoms with E-state index in [-0.39, 0.29) is 0 Å². The first-order valence-electron chi connectivity index (χ1n) is 6.27. The minimum atomic E-state index is 0.772. The Morgan fingerprint density at radius 1 is 1.33 bits per heavy atom. The van der Waals surface area contributed by atoms with Gasteiger partial charge in [0.05, 0.1) is 0 Å². The number of aromatic nitrogens is 1. The molecule has 1 aliphatic carbocycles. The highest BCUT2D eigenvalue weighted by Gasteiger charge is 2.14. The van der Waals surface area contributed by atoms with Gasteiger partial charge < -0.3 is 9.88 Å². The fourth-order valence-corrected chi connectivity index (χ4v) is 2.44. The zero-order chi connectivity index (χ0) is 10.5. The smallest absolute Gasteiger partial charge is 0.0330 e. The van der Waals surface area contributed by atoms with Crippen LogP contribution in [0.3, 0.4) is 0 Å². The van der Waals surface area contributed by atoms with Gasteiger partial charge in [-0.1, -0.05) is 26.2 Å². The number of hydrogen-bond acceptors (Lipinski definition) is 1. The van der Waals surface area contributed by atoms with E-state index in [1.54, 1.807) is 0 Å². The van der Waals surface area contributed by atoms with Crippen molar-refractivity contribution in [2.75, 3.05) is 6.54 Å². The van der Waals surface area contributed by atoms with Crippen LogP contribution in [0.4, 0.5) is 0 Å². The first-order valence-corrected chi connectivity index (χ1v) is 6.27. The normalized spacial score (nSPS) is 18.2. The second kappa shape index (κ2) is 5.36. The SMILES string of the molecule is CCNCc1ccn(C2CCCCC2)c1. The molecule has 0 amide bonds. The molecule has 0 saturated heterocycles. The van der Waals surface area contributed by atoms with E-state index in [1.165, 1.54) is 37.7 Å². The lowest BCUT2D eigenvalue weighted by Crippen LogP contribution is -2.12. The van der Waals surface area contributed by atoms with Crippen molar-refractivity contribution in [1.82, 2.24) is 9.88 Å². The van der Waals surface area contributed by atoms with Crippen molar-refractivity contribution < 1.29 is 0 Å². The zero-order valence-electron chi connectivity index (χ0n) is 9.71. The van der Waals surface area contributed by atoms with Gasteiger partial charge in [-0.15, -0.1) is 0 Å². The van der Waals surface area contributed by atoms with Crippen LogP contribution >= 0.6 is 0 Å². The fourth-order valence-electron chi connectivity index (χ4n) is 2.44. The highest BCUT2D eigenvalue weighted by molar-refractivity contribution is 5.11. The molecule has 0 aromatic carbocycles. The highest BCUT2D eigenvalue weighted by atomic mass is 15.0. The summed E-state index contributed by atoms with van der Waals surface area (Å²) in [5, 5.41) is 3.37. The molecule has 2 rings (SSSR count). The number of rotatable bonds is 4. The summed E-state index contributed by atoms with van der Waals surface area (Å²) in [6, 6.07) is 3.02. The molecule has 1 N–H and O–H groups in total. The monoisotopic (exact) mass is 206 g/mol. The van der Waals surface area contributed by atoms with Crippen LogP contribution in [0.1, 0.15) is 50.6 Å². The fraction of sp³-hybridized carbons (Fsp3) is 0.692. The van der Waals surface area contributed by atoms with Crippen LogP contribution in [0, 0.1) is 0 Å². The van der Waals surface area contributed by atoms with Gasteiger partial charge in [0.25, 0.3) is 0 Å². The Hall–Kier alpha value is -0.760. The van der Waals surface area contributed by atoms with Gasteiger partial charge in [-0.2, -0.15) is 0 Å². The molecule has 1 heterocycles. The predicted octanol–water partition coefficient (Wildman–Crippen LogP) is 3.10. The predicted molar refractivity (Wildman–Crippen MR) is 63.9 cm³/mol. The average Bonchev–Trinajstić information content (AvgIpc) is 2.76. The third kappa shape index (κ3) is 2.85. The van der Waals surface area contributed by atoms with E-state index in [1.807, 2.05) is 0 Å². The van der Waals surface area contributed by atoms with Crippen LogP contribution in [0.2, 0.25) is 0 Å². The molecule has 0 atom stereocenters. The third-order valence-corrected chi connectivity index (χ3v) is 3.35. The molecule has 0 aliphatic heterocycles. The molecule has 1 saturated carbocycles. The van der Waals surface area contributed by atoms with Crippen LogP contribution in [0.15, 0.2) is 18.5 Å². The Balaban J connectivity index is 1.93. The lowest BCUT2D eigenvalue weighted by atomic mass is 9.95. The van der Waals surface area contributed by atoms with Crippen molar-refractivity contribution in [3.05, 3.63) is 24.0 Å². The molecule has 2 nitrogen and oxygen atoms in total. The van der Waals surface area contributed by atoms with E-state index in [0.29, 0.717) is 0 Å². The summed E-state index contributed by atoms with van der Waals surface area (Å²) in [6.45, 7) is 4.21. The Morgan fingerprint density at radius 3 is 2.87 bits per heavy atom. The van der Waals surface area contributed by atoms with Crippen molar-refractivity contribution in [1.29, 1.82) is 0 Å².